The molecule has 0 aliphatic rings. The summed E-state index contributed by atoms with van der Waals surface area (Å²) >= 11 is 0. The third-order valence-corrected chi connectivity index (χ3v) is 9.49. The van der Waals surface area contributed by atoms with E-state index in [1.54, 1.807) is 0 Å². The average molecular weight is 641 g/mol. The average Bonchev–Trinajstić information content (AvgIpc) is 3.73. The van der Waals surface area contributed by atoms with Crippen molar-refractivity contribution in [2.45, 2.75) is 0 Å². The van der Waals surface area contributed by atoms with Crippen LogP contribution >= 0.6 is 0 Å². The predicted octanol–water partition coefficient (Wildman–Crippen LogP) is 11.5. The molecule has 10 rings (SSSR count). The summed E-state index contributed by atoms with van der Waals surface area (Å²) in [7, 11) is 0. The highest BCUT2D eigenvalue weighted by molar-refractivity contribution is 6.14. The number of benzene rings is 7. The minimum absolute atomic E-state index is 0.639. The molecule has 5 nitrogen and oxygen atoms in total. The molecule has 5 heteroatoms. The molecular weight excluding hydrogens is 613 g/mol. The number of rotatable bonds is 5. The number of aromatic nitrogens is 4. The molecule has 10 aromatic rings. The summed E-state index contributed by atoms with van der Waals surface area (Å²) in [5.74, 6) is 1.94. The van der Waals surface area contributed by atoms with Crippen LogP contribution in [0.15, 0.2) is 174 Å². The molecule has 0 bridgehead atoms. The van der Waals surface area contributed by atoms with Gasteiger partial charge in [-0.05, 0) is 45.7 Å². The van der Waals surface area contributed by atoms with E-state index in [1.165, 1.54) is 16.2 Å². The van der Waals surface area contributed by atoms with Gasteiger partial charge in [-0.15, -0.1) is 0 Å². The maximum absolute atomic E-state index is 6.56. The minimum atomic E-state index is 0.639. The van der Waals surface area contributed by atoms with Crippen LogP contribution in [0.1, 0.15) is 0 Å². The molecule has 0 aliphatic carbocycles. The highest BCUT2D eigenvalue weighted by Gasteiger charge is 2.22. The van der Waals surface area contributed by atoms with Gasteiger partial charge in [0, 0.05) is 22.1 Å². The Kier molecular flexibility index (Phi) is 6.42. The van der Waals surface area contributed by atoms with Gasteiger partial charge in [-0.3, -0.25) is 4.40 Å². The maximum atomic E-state index is 6.56. The van der Waals surface area contributed by atoms with Crippen molar-refractivity contribution < 1.29 is 4.42 Å². The van der Waals surface area contributed by atoms with E-state index in [0.29, 0.717) is 17.5 Å². The lowest BCUT2D eigenvalue weighted by molar-refractivity contribution is 0.658. The fraction of sp³-hybridized carbons (Fsp3) is 0. The Hall–Kier alpha value is -6.85. The second-order valence-corrected chi connectivity index (χ2v) is 12.4. The Morgan fingerprint density at radius 1 is 0.360 bits per heavy atom. The molecule has 0 spiro atoms. The van der Waals surface area contributed by atoms with Gasteiger partial charge in [0.05, 0.1) is 16.6 Å². The molecule has 0 unspecified atom stereocenters. The van der Waals surface area contributed by atoms with Crippen molar-refractivity contribution >= 4 is 38.5 Å². The van der Waals surface area contributed by atoms with Gasteiger partial charge in [-0.25, -0.2) is 15.0 Å². The number of hydrogen-bond acceptors (Lipinski definition) is 4. The van der Waals surface area contributed by atoms with Gasteiger partial charge in [0.1, 0.15) is 0 Å². The molecule has 0 amide bonds. The Balaban J connectivity index is 1.10. The molecule has 0 radical (unpaired) electrons. The molecule has 234 valence electrons. The summed E-state index contributed by atoms with van der Waals surface area (Å²) in [6, 6.07) is 58.6. The molecule has 7 aromatic carbocycles. The van der Waals surface area contributed by atoms with Gasteiger partial charge in [0.2, 0.25) is 5.71 Å². The van der Waals surface area contributed by atoms with Crippen LogP contribution in [0.2, 0.25) is 0 Å². The fourth-order valence-electron chi connectivity index (χ4n) is 7.15. The highest BCUT2D eigenvalue weighted by Crippen LogP contribution is 2.43. The monoisotopic (exact) mass is 640 g/mol. The molecule has 0 saturated carbocycles. The number of nitrogens with zero attached hydrogens (tertiary/aromatic N) is 4. The summed E-state index contributed by atoms with van der Waals surface area (Å²) in [5.41, 5.74) is 11.3. The van der Waals surface area contributed by atoms with Crippen LogP contribution < -0.4 is 0 Å². The highest BCUT2D eigenvalue weighted by atomic mass is 16.3. The van der Waals surface area contributed by atoms with E-state index in [9.17, 15) is 0 Å². The number of hydrogen-bond donors (Lipinski definition) is 0. The van der Waals surface area contributed by atoms with E-state index < -0.39 is 0 Å². The summed E-state index contributed by atoms with van der Waals surface area (Å²) in [6.45, 7) is 0. The summed E-state index contributed by atoms with van der Waals surface area (Å²) < 4.78 is 8.81. The zero-order valence-corrected chi connectivity index (χ0v) is 26.9. The third-order valence-electron chi connectivity index (χ3n) is 9.49. The number of para-hydroxylation sites is 3. The van der Waals surface area contributed by atoms with E-state index in [0.717, 1.165) is 61.3 Å². The third kappa shape index (κ3) is 4.52. The number of oxazole rings is 1. The quantitative estimate of drug-likeness (QED) is 0.188. The van der Waals surface area contributed by atoms with Gasteiger partial charge >= 0.3 is 0 Å². The first-order valence-electron chi connectivity index (χ1n) is 16.7. The van der Waals surface area contributed by atoms with E-state index in [-0.39, 0.29) is 0 Å². The predicted molar refractivity (Wildman–Crippen MR) is 203 cm³/mol. The van der Waals surface area contributed by atoms with Crippen molar-refractivity contribution in [3.8, 4) is 56.4 Å². The fourth-order valence-corrected chi connectivity index (χ4v) is 7.15. The SMILES string of the molecule is c1ccc(-c2nc(-c3ccccc3)nc(-c3ccc(-c4ccc(-c5c6ccccc6n6c5oc5ccccc56)c5ccccc45)cc3)n2)cc1. The smallest absolute Gasteiger partial charge is 0.213 e. The number of fused-ring (bicyclic) bond motifs is 6. The van der Waals surface area contributed by atoms with Crippen LogP contribution in [-0.4, -0.2) is 19.4 Å². The molecule has 0 saturated heterocycles. The summed E-state index contributed by atoms with van der Waals surface area (Å²) in [6.07, 6.45) is 0. The Morgan fingerprint density at radius 3 is 1.46 bits per heavy atom. The molecule has 50 heavy (non-hydrogen) atoms. The molecular formula is C45H28N4O. The van der Waals surface area contributed by atoms with Crippen LogP contribution in [0.4, 0.5) is 0 Å². The van der Waals surface area contributed by atoms with Crippen LogP contribution in [0.5, 0.6) is 0 Å². The Labute approximate surface area is 287 Å². The zero-order valence-electron chi connectivity index (χ0n) is 26.9. The van der Waals surface area contributed by atoms with Crippen LogP contribution in [0.25, 0.3) is 94.9 Å². The molecule has 0 aliphatic heterocycles. The van der Waals surface area contributed by atoms with Crippen molar-refractivity contribution in [3.05, 3.63) is 170 Å². The van der Waals surface area contributed by atoms with E-state index in [2.05, 4.69) is 101 Å². The van der Waals surface area contributed by atoms with E-state index in [4.69, 9.17) is 19.4 Å². The molecule has 0 N–H and O–H groups in total. The molecule has 3 heterocycles. The molecule has 0 atom stereocenters. The van der Waals surface area contributed by atoms with Gasteiger partial charge < -0.3 is 4.42 Å². The van der Waals surface area contributed by atoms with Crippen molar-refractivity contribution in [2.24, 2.45) is 0 Å². The standard InChI is InChI=1S/C45H28N4O/c1-3-13-30(14-4-1)42-46-43(31-15-5-2-6-16-31)48-44(47-42)32-25-23-29(24-26-32)33-27-28-36(35-18-8-7-17-34(33)35)41-37-19-9-10-20-38(37)49-39-21-11-12-22-40(39)50-45(41)49/h1-28H. The normalized spacial score (nSPS) is 11.6. The van der Waals surface area contributed by atoms with E-state index in [1.807, 2.05) is 72.8 Å². The van der Waals surface area contributed by atoms with Gasteiger partial charge in [0.15, 0.2) is 23.1 Å². The van der Waals surface area contributed by atoms with Gasteiger partial charge in [-0.1, -0.05) is 152 Å². The maximum Gasteiger partial charge on any atom is 0.213 e. The van der Waals surface area contributed by atoms with Crippen molar-refractivity contribution in [3.63, 3.8) is 0 Å². The van der Waals surface area contributed by atoms with Gasteiger partial charge in [0.25, 0.3) is 0 Å². The minimum Gasteiger partial charge on any atom is -0.438 e. The first kappa shape index (κ1) is 28.2. The molecule has 0 fully saturated rings. The van der Waals surface area contributed by atoms with Crippen LogP contribution in [0, 0.1) is 0 Å². The summed E-state index contributed by atoms with van der Waals surface area (Å²) in [4.78, 5) is 14.7. The lowest BCUT2D eigenvalue weighted by atomic mass is 9.91. The first-order valence-corrected chi connectivity index (χ1v) is 16.7. The first-order chi connectivity index (χ1) is 24.8. The second kappa shape index (κ2) is 11.4. The lowest BCUT2D eigenvalue weighted by Gasteiger charge is -2.12. The second-order valence-electron chi connectivity index (χ2n) is 12.4. The Bertz CT molecular complexity index is 2800. The lowest BCUT2D eigenvalue weighted by Crippen LogP contribution is -2.00. The van der Waals surface area contributed by atoms with Crippen molar-refractivity contribution in [1.82, 2.24) is 19.4 Å². The largest absolute Gasteiger partial charge is 0.438 e. The van der Waals surface area contributed by atoms with E-state index >= 15 is 0 Å². The van der Waals surface area contributed by atoms with Crippen molar-refractivity contribution in [2.75, 3.05) is 0 Å². The van der Waals surface area contributed by atoms with Gasteiger partial charge in [-0.2, -0.15) is 0 Å². The van der Waals surface area contributed by atoms with Crippen LogP contribution in [-0.2, 0) is 0 Å². The van der Waals surface area contributed by atoms with Crippen molar-refractivity contribution in [1.29, 1.82) is 0 Å². The Morgan fingerprint density at radius 2 is 0.820 bits per heavy atom. The molecule has 3 aromatic heterocycles. The zero-order chi connectivity index (χ0) is 33.0. The van der Waals surface area contributed by atoms with Crippen LogP contribution in [0.3, 0.4) is 0 Å². The summed E-state index contributed by atoms with van der Waals surface area (Å²) in [5, 5.41) is 3.52. The topological polar surface area (TPSA) is 56.2 Å².